The van der Waals surface area contributed by atoms with Crippen molar-refractivity contribution < 1.29 is 13.6 Å². The molecule has 0 fully saturated rings. The third-order valence-electron chi connectivity index (χ3n) is 3.07. The van der Waals surface area contributed by atoms with Crippen LogP contribution in [0.4, 0.5) is 20.2 Å². The van der Waals surface area contributed by atoms with Crippen molar-refractivity contribution >= 4 is 17.3 Å². The molecule has 110 valence electrons. The van der Waals surface area contributed by atoms with E-state index in [9.17, 15) is 13.6 Å². The van der Waals surface area contributed by atoms with Gasteiger partial charge in [-0.2, -0.15) is 0 Å². The van der Waals surface area contributed by atoms with Crippen molar-refractivity contribution in [1.29, 1.82) is 0 Å². The number of anilines is 2. The Morgan fingerprint density at radius 3 is 2.48 bits per heavy atom. The first-order chi connectivity index (χ1) is 10.1. The zero-order chi connectivity index (χ0) is 15.2. The van der Waals surface area contributed by atoms with Crippen molar-refractivity contribution in [2.75, 3.05) is 23.8 Å². The molecule has 3 nitrogen and oxygen atoms in total. The van der Waals surface area contributed by atoms with Gasteiger partial charge in [-0.05, 0) is 24.3 Å². The van der Waals surface area contributed by atoms with Crippen molar-refractivity contribution in [3.8, 4) is 0 Å². The molecule has 0 unspecified atom stereocenters. The normalized spacial score (nSPS) is 10.2. The highest BCUT2D eigenvalue weighted by Gasteiger charge is 2.08. The van der Waals surface area contributed by atoms with E-state index < -0.39 is 11.6 Å². The molecule has 21 heavy (non-hydrogen) atoms. The molecule has 0 spiro atoms. The van der Waals surface area contributed by atoms with Crippen LogP contribution in [0.2, 0.25) is 0 Å². The number of para-hydroxylation sites is 1. The Hall–Kier alpha value is -2.43. The summed E-state index contributed by atoms with van der Waals surface area (Å²) in [6.07, 6.45) is 0.254. The van der Waals surface area contributed by atoms with E-state index in [1.807, 2.05) is 42.3 Å². The summed E-state index contributed by atoms with van der Waals surface area (Å²) in [5.41, 5.74) is 1.26. The predicted octanol–water partition coefficient (Wildman–Crippen LogP) is 3.43. The molecule has 1 amide bonds. The van der Waals surface area contributed by atoms with Crippen molar-refractivity contribution in [3.63, 3.8) is 0 Å². The van der Waals surface area contributed by atoms with Crippen LogP contribution in [0.15, 0.2) is 48.5 Å². The number of rotatable bonds is 5. The molecule has 0 atom stereocenters. The average Bonchev–Trinajstić information content (AvgIpc) is 2.49. The van der Waals surface area contributed by atoms with E-state index in [2.05, 4.69) is 5.32 Å². The first-order valence-corrected chi connectivity index (χ1v) is 6.57. The van der Waals surface area contributed by atoms with Crippen LogP contribution in [0.3, 0.4) is 0 Å². The molecular formula is C16H16F2N2O. The van der Waals surface area contributed by atoms with Gasteiger partial charge >= 0.3 is 0 Å². The lowest BCUT2D eigenvalue weighted by atomic mass is 10.2. The van der Waals surface area contributed by atoms with Gasteiger partial charge in [0, 0.05) is 37.5 Å². The molecule has 5 heteroatoms. The molecule has 0 bridgehead atoms. The summed E-state index contributed by atoms with van der Waals surface area (Å²) in [6, 6.07) is 13.0. The fourth-order valence-electron chi connectivity index (χ4n) is 1.88. The summed E-state index contributed by atoms with van der Waals surface area (Å²) < 4.78 is 25.8. The molecule has 0 aliphatic heterocycles. The quantitative estimate of drug-likeness (QED) is 0.915. The Labute approximate surface area is 122 Å². The maximum atomic E-state index is 13.0. The topological polar surface area (TPSA) is 32.3 Å². The fraction of sp³-hybridized carbons (Fsp3) is 0.188. The highest BCUT2D eigenvalue weighted by Crippen LogP contribution is 2.14. The molecule has 0 saturated carbocycles. The molecule has 0 aliphatic carbocycles. The van der Waals surface area contributed by atoms with Gasteiger partial charge in [-0.25, -0.2) is 8.78 Å². The van der Waals surface area contributed by atoms with E-state index in [1.165, 1.54) is 6.07 Å². The first kappa shape index (κ1) is 15.0. The molecule has 1 N–H and O–H groups in total. The minimum atomic E-state index is -0.978. The molecule has 0 aromatic heterocycles. The van der Waals surface area contributed by atoms with Crippen molar-refractivity contribution in [3.05, 3.63) is 60.2 Å². The van der Waals surface area contributed by atoms with Gasteiger partial charge in [-0.15, -0.1) is 0 Å². The number of hydrogen-bond acceptors (Lipinski definition) is 2. The number of nitrogens with zero attached hydrogens (tertiary/aromatic N) is 1. The SMILES string of the molecule is CN(CCC(=O)Nc1ccc(F)c(F)c1)c1ccccc1. The van der Waals surface area contributed by atoms with Crippen LogP contribution in [0.5, 0.6) is 0 Å². The van der Waals surface area contributed by atoms with Gasteiger partial charge in [0.25, 0.3) is 0 Å². The average molecular weight is 290 g/mol. The number of nitrogens with one attached hydrogen (secondary N) is 1. The van der Waals surface area contributed by atoms with Crippen LogP contribution in [-0.2, 0) is 4.79 Å². The Kier molecular flexibility index (Phi) is 4.87. The third-order valence-corrected chi connectivity index (χ3v) is 3.07. The zero-order valence-electron chi connectivity index (χ0n) is 11.6. The maximum absolute atomic E-state index is 13.0. The Balaban J connectivity index is 1.86. The lowest BCUT2D eigenvalue weighted by Crippen LogP contribution is -2.23. The van der Waals surface area contributed by atoms with Crippen LogP contribution in [-0.4, -0.2) is 19.5 Å². The van der Waals surface area contributed by atoms with E-state index in [4.69, 9.17) is 0 Å². The number of halogens is 2. The predicted molar refractivity (Wildman–Crippen MR) is 79.3 cm³/mol. The summed E-state index contributed by atoms with van der Waals surface area (Å²) >= 11 is 0. The molecule has 2 aromatic carbocycles. The number of hydrogen-bond donors (Lipinski definition) is 1. The van der Waals surface area contributed by atoms with Crippen LogP contribution in [0, 0.1) is 11.6 Å². The van der Waals surface area contributed by atoms with Gasteiger partial charge in [-0.3, -0.25) is 4.79 Å². The molecule has 0 aliphatic rings. The van der Waals surface area contributed by atoms with Crippen molar-refractivity contribution in [2.45, 2.75) is 6.42 Å². The summed E-state index contributed by atoms with van der Waals surface area (Å²) in [5.74, 6) is -2.16. The van der Waals surface area contributed by atoms with Gasteiger partial charge in [-0.1, -0.05) is 18.2 Å². The highest BCUT2D eigenvalue weighted by atomic mass is 19.2. The lowest BCUT2D eigenvalue weighted by Gasteiger charge is -2.18. The van der Waals surface area contributed by atoms with Gasteiger partial charge in [0.2, 0.25) is 5.91 Å². The molecule has 0 radical (unpaired) electrons. The van der Waals surface area contributed by atoms with Crippen LogP contribution in [0.25, 0.3) is 0 Å². The van der Waals surface area contributed by atoms with Crippen molar-refractivity contribution in [1.82, 2.24) is 0 Å². The Bertz CT molecular complexity index is 617. The van der Waals surface area contributed by atoms with E-state index in [1.54, 1.807) is 0 Å². The number of benzene rings is 2. The second-order valence-electron chi connectivity index (χ2n) is 4.68. The smallest absolute Gasteiger partial charge is 0.226 e. The largest absolute Gasteiger partial charge is 0.374 e. The zero-order valence-corrected chi connectivity index (χ0v) is 11.6. The lowest BCUT2D eigenvalue weighted by molar-refractivity contribution is -0.116. The standard InChI is InChI=1S/C16H16F2N2O/c1-20(13-5-3-2-4-6-13)10-9-16(21)19-12-7-8-14(17)15(18)11-12/h2-8,11H,9-10H2,1H3,(H,19,21). The molecule has 0 heterocycles. The van der Waals surface area contributed by atoms with Crippen LogP contribution < -0.4 is 10.2 Å². The summed E-state index contributed by atoms with van der Waals surface area (Å²) in [7, 11) is 1.89. The highest BCUT2D eigenvalue weighted by molar-refractivity contribution is 5.91. The maximum Gasteiger partial charge on any atom is 0.226 e. The molecule has 2 aromatic rings. The molecule has 0 saturated heterocycles. The summed E-state index contributed by atoms with van der Waals surface area (Å²) in [5, 5.41) is 2.54. The number of amides is 1. The molecule has 2 rings (SSSR count). The second kappa shape index (κ2) is 6.83. The minimum Gasteiger partial charge on any atom is -0.374 e. The van der Waals surface area contributed by atoms with E-state index in [0.717, 1.165) is 17.8 Å². The Morgan fingerprint density at radius 2 is 1.81 bits per heavy atom. The summed E-state index contributed by atoms with van der Waals surface area (Å²) in [6.45, 7) is 0.527. The fourth-order valence-corrected chi connectivity index (χ4v) is 1.88. The number of carbonyl (C=O) groups is 1. The minimum absolute atomic E-state index is 0.246. The number of carbonyl (C=O) groups excluding carboxylic acids is 1. The van der Waals surface area contributed by atoms with Crippen LogP contribution >= 0.6 is 0 Å². The van der Waals surface area contributed by atoms with Gasteiger partial charge in [0.1, 0.15) is 0 Å². The van der Waals surface area contributed by atoms with Crippen molar-refractivity contribution in [2.24, 2.45) is 0 Å². The summed E-state index contributed by atoms with van der Waals surface area (Å²) in [4.78, 5) is 13.7. The van der Waals surface area contributed by atoms with Gasteiger partial charge in [0.05, 0.1) is 0 Å². The van der Waals surface area contributed by atoms with Crippen LogP contribution in [0.1, 0.15) is 6.42 Å². The van der Waals surface area contributed by atoms with Gasteiger partial charge < -0.3 is 10.2 Å². The van der Waals surface area contributed by atoms with E-state index in [0.29, 0.717) is 6.54 Å². The van der Waals surface area contributed by atoms with Gasteiger partial charge in [0.15, 0.2) is 11.6 Å². The molecular weight excluding hydrogens is 274 g/mol. The second-order valence-corrected chi connectivity index (χ2v) is 4.68. The monoisotopic (exact) mass is 290 g/mol. The third kappa shape index (κ3) is 4.27. The van der Waals surface area contributed by atoms with E-state index in [-0.39, 0.29) is 18.0 Å². The van der Waals surface area contributed by atoms with E-state index >= 15 is 0 Å². The first-order valence-electron chi connectivity index (χ1n) is 6.57. The Morgan fingerprint density at radius 1 is 1.10 bits per heavy atom.